The van der Waals surface area contributed by atoms with Crippen molar-refractivity contribution in [2.24, 2.45) is 5.73 Å². The van der Waals surface area contributed by atoms with E-state index in [1.807, 2.05) is 30.9 Å². The molecule has 2 aromatic heterocycles. The highest BCUT2D eigenvalue weighted by Crippen LogP contribution is 2.30. The van der Waals surface area contributed by atoms with E-state index in [0.29, 0.717) is 42.5 Å². The lowest BCUT2D eigenvalue weighted by Gasteiger charge is -2.33. The predicted octanol–water partition coefficient (Wildman–Crippen LogP) is 1.26. The lowest BCUT2D eigenvalue weighted by Crippen LogP contribution is -2.50. The van der Waals surface area contributed by atoms with E-state index in [-0.39, 0.29) is 18.4 Å². The molecule has 1 aliphatic heterocycles. The lowest BCUT2D eigenvalue weighted by molar-refractivity contribution is -0.119. The van der Waals surface area contributed by atoms with Crippen molar-refractivity contribution in [1.29, 1.82) is 0 Å². The lowest BCUT2D eigenvalue weighted by atomic mass is 10.2. The Labute approximate surface area is 144 Å². The molecular weight excluding hydrogens is 328 g/mol. The van der Waals surface area contributed by atoms with E-state index >= 15 is 0 Å². The van der Waals surface area contributed by atoms with Gasteiger partial charge in [-0.25, -0.2) is 4.98 Å². The van der Waals surface area contributed by atoms with Gasteiger partial charge in [0.15, 0.2) is 10.8 Å². The van der Waals surface area contributed by atoms with Gasteiger partial charge in [-0.3, -0.25) is 14.5 Å². The van der Waals surface area contributed by atoms with Crippen LogP contribution in [0.25, 0.3) is 10.8 Å². The highest BCUT2D eigenvalue weighted by Gasteiger charge is 2.26. The SMILES string of the molecule is Cc1ccc(-c2nc(C)c(C(=O)N3CCN(CC(N)=O)CC3)s2)o1. The second-order valence-corrected chi connectivity index (χ2v) is 6.88. The molecule has 3 heterocycles. The second kappa shape index (κ2) is 6.74. The summed E-state index contributed by atoms with van der Waals surface area (Å²) >= 11 is 1.36. The van der Waals surface area contributed by atoms with Crippen molar-refractivity contribution >= 4 is 23.2 Å². The molecule has 0 radical (unpaired) electrons. The van der Waals surface area contributed by atoms with Crippen LogP contribution < -0.4 is 5.73 Å². The van der Waals surface area contributed by atoms with Gasteiger partial charge in [-0.2, -0.15) is 0 Å². The van der Waals surface area contributed by atoms with Gasteiger partial charge in [0, 0.05) is 26.2 Å². The van der Waals surface area contributed by atoms with Gasteiger partial charge >= 0.3 is 0 Å². The summed E-state index contributed by atoms with van der Waals surface area (Å²) in [6.07, 6.45) is 0. The summed E-state index contributed by atoms with van der Waals surface area (Å²) in [5.74, 6) is 1.15. The molecule has 24 heavy (non-hydrogen) atoms. The molecule has 2 amide bonds. The first-order valence-electron chi connectivity index (χ1n) is 7.78. The summed E-state index contributed by atoms with van der Waals surface area (Å²) in [7, 11) is 0. The molecule has 0 aliphatic carbocycles. The molecular formula is C16H20N4O3S. The number of carbonyl (C=O) groups is 2. The van der Waals surface area contributed by atoms with Crippen molar-refractivity contribution in [3.8, 4) is 10.8 Å². The zero-order valence-electron chi connectivity index (χ0n) is 13.7. The minimum absolute atomic E-state index is 0.0155. The summed E-state index contributed by atoms with van der Waals surface area (Å²) in [5, 5.41) is 0.719. The summed E-state index contributed by atoms with van der Waals surface area (Å²) < 4.78 is 5.59. The zero-order chi connectivity index (χ0) is 17.3. The van der Waals surface area contributed by atoms with Crippen molar-refractivity contribution in [3.05, 3.63) is 28.5 Å². The van der Waals surface area contributed by atoms with Crippen LogP contribution >= 0.6 is 11.3 Å². The van der Waals surface area contributed by atoms with E-state index in [1.54, 1.807) is 4.90 Å². The van der Waals surface area contributed by atoms with Crippen LogP contribution in [-0.4, -0.2) is 59.3 Å². The average molecular weight is 348 g/mol. The summed E-state index contributed by atoms with van der Waals surface area (Å²) in [5.41, 5.74) is 5.93. The molecule has 2 N–H and O–H groups in total. The fourth-order valence-corrected chi connectivity index (χ4v) is 3.72. The molecule has 2 aromatic rings. The van der Waals surface area contributed by atoms with Crippen LogP contribution in [0.5, 0.6) is 0 Å². The fourth-order valence-electron chi connectivity index (χ4n) is 2.72. The van der Waals surface area contributed by atoms with Crippen molar-refractivity contribution < 1.29 is 14.0 Å². The first-order valence-corrected chi connectivity index (χ1v) is 8.60. The number of aromatic nitrogens is 1. The number of nitrogens with zero attached hydrogens (tertiary/aromatic N) is 3. The van der Waals surface area contributed by atoms with Crippen molar-refractivity contribution in [1.82, 2.24) is 14.8 Å². The molecule has 0 atom stereocenters. The molecule has 0 unspecified atom stereocenters. The first kappa shape index (κ1) is 16.7. The third-order valence-electron chi connectivity index (χ3n) is 3.98. The molecule has 3 rings (SSSR count). The van der Waals surface area contributed by atoms with E-state index in [1.165, 1.54) is 11.3 Å². The maximum absolute atomic E-state index is 12.8. The standard InChI is InChI=1S/C16H20N4O3S/c1-10-3-4-12(23-10)15-18-11(2)14(24-15)16(22)20-7-5-19(6-8-20)9-13(17)21/h3-4H,5-9H2,1-2H3,(H2,17,21). The maximum Gasteiger partial charge on any atom is 0.265 e. The third-order valence-corrected chi connectivity index (χ3v) is 5.14. The number of furan rings is 1. The van der Waals surface area contributed by atoms with Crippen LogP contribution in [-0.2, 0) is 4.79 Å². The van der Waals surface area contributed by atoms with Gasteiger partial charge in [-0.1, -0.05) is 0 Å². The van der Waals surface area contributed by atoms with Crippen LogP contribution in [0, 0.1) is 13.8 Å². The van der Waals surface area contributed by atoms with Crippen LogP contribution in [0.1, 0.15) is 21.1 Å². The van der Waals surface area contributed by atoms with E-state index in [4.69, 9.17) is 10.2 Å². The van der Waals surface area contributed by atoms with Gasteiger partial charge in [-0.05, 0) is 26.0 Å². The number of carbonyl (C=O) groups excluding carboxylic acids is 2. The third kappa shape index (κ3) is 3.49. The molecule has 0 spiro atoms. The normalized spacial score (nSPS) is 15.7. The number of amides is 2. The van der Waals surface area contributed by atoms with Gasteiger partial charge in [0.25, 0.3) is 5.91 Å². The Morgan fingerprint density at radius 2 is 1.96 bits per heavy atom. The monoisotopic (exact) mass is 348 g/mol. The number of primary amides is 1. The fraction of sp³-hybridized carbons (Fsp3) is 0.438. The Morgan fingerprint density at radius 3 is 2.54 bits per heavy atom. The molecule has 1 saturated heterocycles. The highest BCUT2D eigenvalue weighted by atomic mass is 32.1. The molecule has 7 nitrogen and oxygen atoms in total. The van der Waals surface area contributed by atoms with E-state index in [0.717, 1.165) is 10.8 Å². The molecule has 8 heteroatoms. The number of aryl methyl sites for hydroxylation is 2. The first-order chi connectivity index (χ1) is 11.4. The minimum Gasteiger partial charge on any atom is -0.459 e. The van der Waals surface area contributed by atoms with Gasteiger partial charge < -0.3 is 15.1 Å². The van der Waals surface area contributed by atoms with Crippen LogP contribution in [0.3, 0.4) is 0 Å². The number of nitrogens with two attached hydrogens (primary N) is 1. The maximum atomic E-state index is 12.8. The van der Waals surface area contributed by atoms with Gasteiger partial charge in [0.2, 0.25) is 5.91 Å². The predicted molar refractivity (Wildman–Crippen MR) is 90.8 cm³/mol. The number of thiazole rings is 1. The summed E-state index contributed by atoms with van der Waals surface area (Å²) in [6, 6.07) is 3.75. The molecule has 1 aliphatic rings. The van der Waals surface area contributed by atoms with Crippen LogP contribution in [0.2, 0.25) is 0 Å². The number of piperazine rings is 1. The van der Waals surface area contributed by atoms with Crippen molar-refractivity contribution in [3.63, 3.8) is 0 Å². The Bertz CT molecular complexity index is 759. The number of hydrogen-bond donors (Lipinski definition) is 1. The topological polar surface area (TPSA) is 92.7 Å². The molecule has 0 bridgehead atoms. The smallest absolute Gasteiger partial charge is 0.265 e. The largest absolute Gasteiger partial charge is 0.459 e. The number of hydrogen-bond acceptors (Lipinski definition) is 6. The van der Waals surface area contributed by atoms with Crippen LogP contribution in [0.4, 0.5) is 0 Å². The van der Waals surface area contributed by atoms with E-state index in [9.17, 15) is 9.59 Å². The van der Waals surface area contributed by atoms with E-state index in [2.05, 4.69) is 4.98 Å². The Balaban J connectivity index is 1.70. The van der Waals surface area contributed by atoms with Gasteiger partial charge in [-0.15, -0.1) is 11.3 Å². The zero-order valence-corrected chi connectivity index (χ0v) is 14.6. The summed E-state index contributed by atoms with van der Waals surface area (Å²) in [4.78, 5) is 32.6. The van der Waals surface area contributed by atoms with Crippen molar-refractivity contribution in [2.45, 2.75) is 13.8 Å². The molecule has 0 saturated carbocycles. The average Bonchev–Trinajstić information content (AvgIpc) is 3.13. The second-order valence-electron chi connectivity index (χ2n) is 5.88. The van der Waals surface area contributed by atoms with Gasteiger partial charge in [0.05, 0.1) is 12.2 Å². The van der Waals surface area contributed by atoms with E-state index < -0.39 is 0 Å². The Hall–Kier alpha value is -2.19. The minimum atomic E-state index is -0.341. The molecule has 128 valence electrons. The summed E-state index contributed by atoms with van der Waals surface area (Å²) in [6.45, 7) is 6.42. The quantitative estimate of drug-likeness (QED) is 0.898. The van der Waals surface area contributed by atoms with Crippen molar-refractivity contribution in [2.75, 3.05) is 32.7 Å². The molecule has 0 aromatic carbocycles. The number of rotatable bonds is 4. The van der Waals surface area contributed by atoms with Gasteiger partial charge in [0.1, 0.15) is 10.6 Å². The molecule has 1 fully saturated rings. The highest BCUT2D eigenvalue weighted by molar-refractivity contribution is 7.17. The Kier molecular flexibility index (Phi) is 4.68. The Morgan fingerprint density at radius 1 is 1.25 bits per heavy atom. The van der Waals surface area contributed by atoms with Crippen LogP contribution in [0.15, 0.2) is 16.5 Å².